The van der Waals surface area contributed by atoms with E-state index in [-0.39, 0.29) is 5.78 Å². The van der Waals surface area contributed by atoms with E-state index in [1.54, 1.807) is 13.0 Å². The zero-order valence-electron chi connectivity index (χ0n) is 4.36. The van der Waals surface area contributed by atoms with E-state index in [2.05, 4.69) is 0 Å². The number of hydrogen-bond acceptors (Lipinski definition) is 1. The van der Waals surface area contributed by atoms with Crippen LogP contribution in [0.2, 0.25) is 0 Å². The van der Waals surface area contributed by atoms with Crippen LogP contribution in [-0.2, 0) is 4.79 Å². The smallest absolute Gasteiger partial charge is 0.170 e. The molecule has 0 fully saturated rings. The predicted molar refractivity (Wildman–Crippen MR) is 30.3 cm³/mol. The summed E-state index contributed by atoms with van der Waals surface area (Å²) in [5, 5.41) is 0.306. The maximum atomic E-state index is 10.2. The highest BCUT2D eigenvalue weighted by molar-refractivity contribution is 6.42. The van der Waals surface area contributed by atoms with Crippen LogP contribution in [0, 0.1) is 0 Å². The molecule has 0 saturated carbocycles. The number of carbonyl (C=O) groups is 1. The number of Topliss-reactive ketones (excluding diaryl/α,β-unsaturated/α-hetero) is 1. The van der Waals surface area contributed by atoms with Crippen molar-refractivity contribution in [1.82, 2.24) is 0 Å². The van der Waals surface area contributed by atoms with Crippen LogP contribution in [0.1, 0.15) is 13.8 Å². The van der Waals surface area contributed by atoms with E-state index in [4.69, 9.17) is 11.6 Å². The van der Waals surface area contributed by atoms with Gasteiger partial charge in [-0.15, -0.1) is 0 Å². The molecule has 0 spiro atoms. The number of carbonyl (C=O) groups excluding carboxylic acids is 1. The standard InChI is InChI=1S/C5H7ClO/c1-3-5(6)4(2)7/h3H,1-2H3/b5-3-. The Bertz CT molecular complexity index is 105. The summed E-state index contributed by atoms with van der Waals surface area (Å²) in [7, 11) is 0. The average Bonchev–Trinajstić information content (AvgIpc) is 1.65. The topological polar surface area (TPSA) is 17.1 Å². The Hall–Kier alpha value is -0.300. The molecule has 0 atom stereocenters. The Labute approximate surface area is 48.0 Å². The van der Waals surface area contributed by atoms with Gasteiger partial charge in [0.2, 0.25) is 0 Å². The van der Waals surface area contributed by atoms with Crippen molar-refractivity contribution < 1.29 is 4.79 Å². The Kier molecular flexibility index (Phi) is 2.68. The van der Waals surface area contributed by atoms with Gasteiger partial charge >= 0.3 is 0 Å². The molecule has 0 bridgehead atoms. The molecule has 0 heterocycles. The molecule has 0 radical (unpaired) electrons. The number of ketones is 1. The van der Waals surface area contributed by atoms with Crippen molar-refractivity contribution >= 4 is 17.4 Å². The maximum absolute atomic E-state index is 10.2. The molecular weight excluding hydrogens is 112 g/mol. The monoisotopic (exact) mass is 118 g/mol. The fraction of sp³-hybridized carbons (Fsp3) is 0.400. The van der Waals surface area contributed by atoms with Crippen LogP contribution >= 0.6 is 11.6 Å². The second-order valence-corrected chi connectivity index (χ2v) is 1.60. The molecule has 0 aliphatic carbocycles. The zero-order chi connectivity index (χ0) is 5.86. The lowest BCUT2D eigenvalue weighted by atomic mass is 10.4. The zero-order valence-corrected chi connectivity index (χ0v) is 5.12. The van der Waals surface area contributed by atoms with E-state index in [0.717, 1.165) is 0 Å². The van der Waals surface area contributed by atoms with Gasteiger partial charge in [0.15, 0.2) is 5.78 Å². The molecule has 0 N–H and O–H groups in total. The lowest BCUT2D eigenvalue weighted by molar-refractivity contribution is -0.113. The quantitative estimate of drug-likeness (QED) is 0.479. The molecule has 0 rings (SSSR count). The Morgan fingerprint density at radius 3 is 2.14 bits per heavy atom. The lowest BCUT2D eigenvalue weighted by Crippen LogP contribution is -1.85. The van der Waals surface area contributed by atoms with E-state index in [9.17, 15) is 4.79 Å². The van der Waals surface area contributed by atoms with E-state index in [1.165, 1.54) is 6.92 Å². The number of hydrogen-bond donors (Lipinski definition) is 0. The molecular formula is C5H7ClO. The molecule has 40 valence electrons. The molecule has 0 aromatic heterocycles. The molecule has 0 aromatic rings. The fourth-order valence-electron chi connectivity index (χ4n) is 0.203. The SMILES string of the molecule is C/C=C(\Cl)C(C)=O. The van der Waals surface area contributed by atoms with Crippen LogP contribution in [0.4, 0.5) is 0 Å². The Morgan fingerprint density at radius 2 is 2.14 bits per heavy atom. The van der Waals surface area contributed by atoms with Crippen LogP contribution in [0.3, 0.4) is 0 Å². The minimum Gasteiger partial charge on any atom is -0.294 e. The van der Waals surface area contributed by atoms with Crippen molar-refractivity contribution in [2.24, 2.45) is 0 Å². The first-order valence-corrected chi connectivity index (χ1v) is 2.39. The van der Waals surface area contributed by atoms with Crippen molar-refractivity contribution in [2.45, 2.75) is 13.8 Å². The van der Waals surface area contributed by atoms with Gasteiger partial charge in [-0.3, -0.25) is 4.79 Å². The van der Waals surface area contributed by atoms with Gasteiger partial charge in [0.05, 0.1) is 5.03 Å². The van der Waals surface area contributed by atoms with Crippen LogP contribution in [-0.4, -0.2) is 5.78 Å². The van der Waals surface area contributed by atoms with E-state index < -0.39 is 0 Å². The van der Waals surface area contributed by atoms with Gasteiger partial charge in [0.25, 0.3) is 0 Å². The van der Waals surface area contributed by atoms with E-state index in [1.807, 2.05) is 0 Å². The molecule has 0 amide bonds. The minimum atomic E-state index is -0.0795. The summed E-state index contributed by atoms with van der Waals surface area (Å²) in [6, 6.07) is 0. The molecule has 7 heavy (non-hydrogen) atoms. The lowest BCUT2D eigenvalue weighted by Gasteiger charge is -1.82. The third-order valence-corrected chi connectivity index (χ3v) is 1.07. The van der Waals surface area contributed by atoms with Gasteiger partial charge in [0, 0.05) is 6.92 Å². The summed E-state index contributed by atoms with van der Waals surface area (Å²) in [5.41, 5.74) is 0. The third-order valence-electron chi connectivity index (χ3n) is 0.590. The predicted octanol–water partition coefficient (Wildman–Crippen LogP) is 1.72. The normalized spacial score (nSPS) is 11.6. The highest BCUT2D eigenvalue weighted by Gasteiger charge is 1.92. The van der Waals surface area contributed by atoms with Crippen molar-refractivity contribution in [3.8, 4) is 0 Å². The number of rotatable bonds is 1. The van der Waals surface area contributed by atoms with Crippen molar-refractivity contribution in [3.63, 3.8) is 0 Å². The minimum absolute atomic E-state index is 0.0795. The first kappa shape index (κ1) is 6.70. The van der Waals surface area contributed by atoms with Gasteiger partial charge in [-0.05, 0) is 6.92 Å². The maximum Gasteiger partial charge on any atom is 0.170 e. The Balaban J connectivity index is 3.82. The molecule has 0 aliphatic rings. The first-order chi connectivity index (χ1) is 3.18. The summed E-state index contributed by atoms with van der Waals surface area (Å²) in [5.74, 6) is -0.0795. The molecule has 0 unspecified atom stereocenters. The largest absolute Gasteiger partial charge is 0.294 e. The van der Waals surface area contributed by atoms with Crippen LogP contribution < -0.4 is 0 Å². The third kappa shape index (κ3) is 2.40. The molecule has 0 saturated heterocycles. The summed E-state index contributed by atoms with van der Waals surface area (Å²) in [6.07, 6.45) is 1.57. The molecule has 0 aliphatic heterocycles. The van der Waals surface area contributed by atoms with Crippen molar-refractivity contribution in [3.05, 3.63) is 11.1 Å². The highest BCUT2D eigenvalue weighted by Crippen LogP contribution is 1.99. The van der Waals surface area contributed by atoms with Gasteiger partial charge in [0.1, 0.15) is 0 Å². The summed E-state index contributed by atoms with van der Waals surface area (Å²) in [4.78, 5) is 10.2. The second kappa shape index (κ2) is 2.80. The van der Waals surface area contributed by atoms with Crippen molar-refractivity contribution in [1.29, 1.82) is 0 Å². The summed E-state index contributed by atoms with van der Waals surface area (Å²) >= 11 is 5.31. The van der Waals surface area contributed by atoms with Gasteiger partial charge < -0.3 is 0 Å². The number of allylic oxidation sites excluding steroid dienone is 2. The highest BCUT2D eigenvalue weighted by atomic mass is 35.5. The summed E-state index contributed by atoms with van der Waals surface area (Å²) in [6.45, 7) is 3.16. The van der Waals surface area contributed by atoms with Crippen LogP contribution in [0.15, 0.2) is 11.1 Å². The van der Waals surface area contributed by atoms with Crippen LogP contribution in [0.5, 0.6) is 0 Å². The molecule has 2 heteroatoms. The average molecular weight is 119 g/mol. The van der Waals surface area contributed by atoms with Gasteiger partial charge in [-0.25, -0.2) is 0 Å². The second-order valence-electron chi connectivity index (χ2n) is 1.19. The van der Waals surface area contributed by atoms with Gasteiger partial charge in [-0.1, -0.05) is 17.7 Å². The van der Waals surface area contributed by atoms with Gasteiger partial charge in [-0.2, -0.15) is 0 Å². The Morgan fingerprint density at radius 1 is 1.71 bits per heavy atom. The van der Waals surface area contributed by atoms with Crippen LogP contribution in [0.25, 0.3) is 0 Å². The van der Waals surface area contributed by atoms with E-state index in [0.29, 0.717) is 5.03 Å². The first-order valence-electron chi connectivity index (χ1n) is 2.01. The molecule has 0 aromatic carbocycles. The molecule has 1 nitrogen and oxygen atoms in total. The van der Waals surface area contributed by atoms with Crippen molar-refractivity contribution in [2.75, 3.05) is 0 Å². The number of halogens is 1. The fourth-order valence-corrected chi connectivity index (χ4v) is 0.203. The summed E-state index contributed by atoms with van der Waals surface area (Å²) < 4.78 is 0. The van der Waals surface area contributed by atoms with E-state index >= 15 is 0 Å².